The summed E-state index contributed by atoms with van der Waals surface area (Å²) in [4.78, 5) is 15.5. The number of benzene rings is 3. The van der Waals surface area contributed by atoms with Crippen LogP contribution in [-0.2, 0) is 6.61 Å². The molecule has 0 unspecified atom stereocenters. The maximum Gasteiger partial charge on any atom is 0.355 e. The molecule has 0 saturated carbocycles. The summed E-state index contributed by atoms with van der Waals surface area (Å²) in [5, 5.41) is 13.2. The van der Waals surface area contributed by atoms with Crippen molar-refractivity contribution in [3.8, 4) is 16.3 Å². The molecule has 4 aromatic rings. The van der Waals surface area contributed by atoms with Gasteiger partial charge in [-0.1, -0.05) is 42.5 Å². The van der Waals surface area contributed by atoms with Crippen LogP contribution in [0.5, 0.6) is 5.75 Å². The smallest absolute Gasteiger partial charge is 0.355 e. The van der Waals surface area contributed by atoms with Crippen LogP contribution in [0.25, 0.3) is 21.3 Å². The van der Waals surface area contributed by atoms with Crippen LogP contribution in [0.15, 0.2) is 66.0 Å². The molecule has 6 heteroatoms. The van der Waals surface area contributed by atoms with Crippen molar-refractivity contribution in [1.82, 2.24) is 4.98 Å². The summed E-state index contributed by atoms with van der Waals surface area (Å²) in [5.41, 5.74) is 1.60. The number of hydrogen-bond acceptors (Lipinski definition) is 4. The molecule has 0 saturated heterocycles. The van der Waals surface area contributed by atoms with Gasteiger partial charge < -0.3 is 9.84 Å². The predicted molar refractivity (Wildman–Crippen MR) is 103 cm³/mol. The number of fused-ring (bicyclic) bond motifs is 1. The molecule has 0 radical (unpaired) electrons. The molecule has 0 aliphatic rings. The fourth-order valence-electron chi connectivity index (χ4n) is 2.82. The summed E-state index contributed by atoms with van der Waals surface area (Å²) in [6.45, 7) is 0.267. The normalized spacial score (nSPS) is 10.9. The molecule has 134 valence electrons. The number of ether oxygens (including phenoxy) is 1. The SMILES string of the molecule is O=C(O)c1csc(-c2c(OCc3ccc(F)cc3)ccc3ccccc23)n1. The Morgan fingerprint density at radius 1 is 1.07 bits per heavy atom. The zero-order chi connectivity index (χ0) is 18.8. The van der Waals surface area contributed by atoms with E-state index in [2.05, 4.69) is 4.98 Å². The third kappa shape index (κ3) is 3.52. The van der Waals surface area contributed by atoms with Crippen LogP contribution in [0.1, 0.15) is 16.1 Å². The number of hydrogen-bond donors (Lipinski definition) is 1. The Balaban J connectivity index is 1.77. The van der Waals surface area contributed by atoms with Gasteiger partial charge in [0.15, 0.2) is 5.69 Å². The number of carboxylic acid groups (broad SMARTS) is 1. The Labute approximate surface area is 158 Å². The minimum Gasteiger partial charge on any atom is -0.488 e. The summed E-state index contributed by atoms with van der Waals surface area (Å²) in [7, 11) is 0. The zero-order valence-electron chi connectivity index (χ0n) is 14.1. The van der Waals surface area contributed by atoms with E-state index in [0.29, 0.717) is 10.8 Å². The van der Waals surface area contributed by atoms with Crippen molar-refractivity contribution in [2.24, 2.45) is 0 Å². The molecular formula is C21H14FNO3S. The van der Waals surface area contributed by atoms with Crippen LogP contribution in [0.4, 0.5) is 4.39 Å². The average molecular weight is 379 g/mol. The molecule has 0 atom stereocenters. The highest BCUT2D eigenvalue weighted by molar-refractivity contribution is 7.13. The summed E-state index contributed by atoms with van der Waals surface area (Å²) < 4.78 is 19.1. The number of carbonyl (C=O) groups is 1. The molecule has 4 rings (SSSR count). The fraction of sp³-hybridized carbons (Fsp3) is 0.0476. The van der Waals surface area contributed by atoms with Gasteiger partial charge in [-0.25, -0.2) is 14.2 Å². The summed E-state index contributed by atoms with van der Waals surface area (Å²) in [6, 6.07) is 17.7. The van der Waals surface area contributed by atoms with Gasteiger partial charge in [0, 0.05) is 5.38 Å². The molecule has 0 spiro atoms. The Hall–Kier alpha value is -3.25. The number of rotatable bonds is 5. The van der Waals surface area contributed by atoms with Crippen molar-refractivity contribution in [3.05, 3.63) is 83.1 Å². The van der Waals surface area contributed by atoms with E-state index >= 15 is 0 Å². The van der Waals surface area contributed by atoms with Crippen molar-refractivity contribution in [1.29, 1.82) is 0 Å². The number of carboxylic acids is 1. The average Bonchev–Trinajstić information content (AvgIpc) is 3.17. The molecule has 0 fully saturated rings. The van der Waals surface area contributed by atoms with Crippen molar-refractivity contribution in [3.63, 3.8) is 0 Å². The lowest BCUT2D eigenvalue weighted by atomic mass is 10.0. The second-order valence-corrected chi connectivity index (χ2v) is 6.78. The molecule has 1 heterocycles. The van der Waals surface area contributed by atoms with Crippen molar-refractivity contribution in [2.75, 3.05) is 0 Å². The number of aromatic nitrogens is 1. The van der Waals surface area contributed by atoms with Gasteiger partial charge in [-0.3, -0.25) is 0 Å². The Bertz CT molecular complexity index is 1120. The maximum absolute atomic E-state index is 13.1. The van der Waals surface area contributed by atoms with Gasteiger partial charge in [0.1, 0.15) is 23.2 Å². The molecular weight excluding hydrogens is 365 g/mol. The van der Waals surface area contributed by atoms with Gasteiger partial charge in [0.05, 0.1) is 5.56 Å². The second kappa shape index (κ2) is 7.17. The first-order chi connectivity index (χ1) is 13.1. The molecule has 1 aromatic heterocycles. The third-order valence-corrected chi connectivity index (χ3v) is 5.00. The predicted octanol–water partition coefficient (Wildman–Crippen LogP) is 5.38. The van der Waals surface area contributed by atoms with Gasteiger partial charge in [0.25, 0.3) is 0 Å². The van der Waals surface area contributed by atoms with Gasteiger partial charge in [-0.05, 0) is 34.5 Å². The van der Waals surface area contributed by atoms with Crippen molar-refractivity contribution >= 4 is 28.1 Å². The topological polar surface area (TPSA) is 59.4 Å². The molecule has 0 aliphatic heterocycles. The second-order valence-electron chi connectivity index (χ2n) is 5.92. The fourth-order valence-corrected chi connectivity index (χ4v) is 3.68. The van der Waals surface area contributed by atoms with E-state index in [4.69, 9.17) is 4.74 Å². The summed E-state index contributed by atoms with van der Waals surface area (Å²) in [6.07, 6.45) is 0. The monoisotopic (exact) mass is 379 g/mol. The Morgan fingerprint density at radius 2 is 1.85 bits per heavy atom. The van der Waals surface area contributed by atoms with Crippen LogP contribution >= 0.6 is 11.3 Å². The summed E-state index contributed by atoms with van der Waals surface area (Å²) >= 11 is 1.26. The first-order valence-electron chi connectivity index (χ1n) is 8.20. The molecule has 1 N–H and O–H groups in total. The van der Waals surface area contributed by atoms with E-state index in [-0.39, 0.29) is 18.1 Å². The largest absolute Gasteiger partial charge is 0.488 e. The number of aromatic carboxylic acids is 1. The lowest BCUT2D eigenvalue weighted by Gasteiger charge is -2.13. The number of thiazole rings is 1. The lowest BCUT2D eigenvalue weighted by Crippen LogP contribution is -1.99. The first-order valence-corrected chi connectivity index (χ1v) is 9.08. The Morgan fingerprint density at radius 3 is 2.59 bits per heavy atom. The highest BCUT2D eigenvalue weighted by Gasteiger charge is 2.17. The molecule has 0 aliphatic carbocycles. The van der Waals surface area contributed by atoms with Crippen LogP contribution in [0.3, 0.4) is 0 Å². The molecule has 4 nitrogen and oxygen atoms in total. The van der Waals surface area contributed by atoms with Gasteiger partial charge >= 0.3 is 5.97 Å². The van der Waals surface area contributed by atoms with Crippen molar-refractivity contribution in [2.45, 2.75) is 6.61 Å². The van der Waals surface area contributed by atoms with E-state index < -0.39 is 5.97 Å². The van der Waals surface area contributed by atoms with Crippen LogP contribution in [0.2, 0.25) is 0 Å². The molecule has 3 aromatic carbocycles. The lowest BCUT2D eigenvalue weighted by molar-refractivity contribution is 0.0691. The zero-order valence-corrected chi connectivity index (χ0v) is 14.9. The maximum atomic E-state index is 13.1. The molecule has 0 bridgehead atoms. The van der Waals surface area contributed by atoms with E-state index in [1.807, 2.05) is 36.4 Å². The molecule has 27 heavy (non-hydrogen) atoms. The highest BCUT2D eigenvalue weighted by Crippen LogP contribution is 2.39. The van der Waals surface area contributed by atoms with E-state index in [9.17, 15) is 14.3 Å². The first kappa shape index (κ1) is 17.2. The Kier molecular flexibility index (Phi) is 4.56. The number of halogens is 1. The highest BCUT2D eigenvalue weighted by atomic mass is 32.1. The van der Waals surface area contributed by atoms with E-state index in [1.165, 1.54) is 28.8 Å². The minimum absolute atomic E-state index is 0.00687. The number of nitrogens with zero attached hydrogens (tertiary/aromatic N) is 1. The summed E-state index contributed by atoms with van der Waals surface area (Å²) in [5.74, 6) is -0.759. The minimum atomic E-state index is -1.06. The quantitative estimate of drug-likeness (QED) is 0.506. The van der Waals surface area contributed by atoms with Gasteiger partial charge in [0.2, 0.25) is 0 Å². The standard InChI is InChI=1S/C21H14FNO3S/c22-15-8-5-13(6-9-15)11-26-18-10-7-14-3-1-2-4-16(14)19(18)20-23-17(12-27-20)21(24)25/h1-10,12H,11H2,(H,24,25). The van der Waals surface area contributed by atoms with Crippen molar-refractivity contribution < 1.29 is 19.0 Å². The molecule has 0 amide bonds. The third-order valence-electron chi connectivity index (χ3n) is 4.14. The van der Waals surface area contributed by atoms with E-state index in [1.54, 1.807) is 12.1 Å². The van der Waals surface area contributed by atoms with E-state index in [0.717, 1.165) is 21.9 Å². The van der Waals surface area contributed by atoms with Crippen LogP contribution < -0.4 is 4.74 Å². The van der Waals surface area contributed by atoms with Gasteiger partial charge in [-0.2, -0.15) is 0 Å². The van der Waals surface area contributed by atoms with Gasteiger partial charge in [-0.15, -0.1) is 11.3 Å². The van der Waals surface area contributed by atoms with Crippen LogP contribution in [-0.4, -0.2) is 16.1 Å². The van der Waals surface area contributed by atoms with Crippen LogP contribution in [0, 0.1) is 5.82 Å².